The lowest BCUT2D eigenvalue weighted by molar-refractivity contribution is 0.895. The molecule has 2 nitrogen and oxygen atoms in total. The zero-order valence-corrected chi connectivity index (χ0v) is 7.82. The zero-order chi connectivity index (χ0) is 8.55. The van der Waals surface area contributed by atoms with Crippen molar-refractivity contribution in [3.8, 4) is 0 Å². The Kier molecular flexibility index (Phi) is 1.89. The number of fused-ring (bicyclic) bond motifs is 1. The molecule has 64 valence electrons. The van der Waals surface area contributed by atoms with E-state index < -0.39 is 0 Å². The molecule has 1 aromatic rings. The summed E-state index contributed by atoms with van der Waals surface area (Å²) >= 11 is 1.87. The molecule has 0 saturated carbocycles. The molecule has 1 atom stereocenters. The SMILES string of the molecule is CC1CSc2cc(N)ccc2N1. The molecule has 0 bridgehead atoms. The van der Waals surface area contributed by atoms with Crippen molar-refractivity contribution in [2.75, 3.05) is 16.8 Å². The molecule has 3 heteroatoms. The van der Waals surface area contributed by atoms with Crippen molar-refractivity contribution in [1.82, 2.24) is 0 Å². The second-order valence-corrected chi connectivity index (χ2v) is 4.17. The van der Waals surface area contributed by atoms with Crippen LogP contribution in [-0.4, -0.2) is 11.8 Å². The molecule has 1 unspecified atom stereocenters. The normalized spacial score (nSPS) is 21.2. The van der Waals surface area contributed by atoms with Gasteiger partial charge in [0.25, 0.3) is 0 Å². The summed E-state index contributed by atoms with van der Waals surface area (Å²) in [5, 5.41) is 3.41. The van der Waals surface area contributed by atoms with E-state index in [1.54, 1.807) is 0 Å². The molecule has 1 heterocycles. The van der Waals surface area contributed by atoms with E-state index >= 15 is 0 Å². The summed E-state index contributed by atoms with van der Waals surface area (Å²) in [5.41, 5.74) is 7.74. The van der Waals surface area contributed by atoms with Gasteiger partial charge in [-0.1, -0.05) is 0 Å². The highest BCUT2D eigenvalue weighted by Crippen LogP contribution is 2.34. The number of nitrogens with two attached hydrogens (primary N) is 1. The van der Waals surface area contributed by atoms with E-state index in [0.29, 0.717) is 6.04 Å². The molecular weight excluding hydrogens is 168 g/mol. The number of hydrogen-bond acceptors (Lipinski definition) is 3. The minimum atomic E-state index is 0.561. The summed E-state index contributed by atoms with van der Waals surface area (Å²) in [4.78, 5) is 1.27. The maximum Gasteiger partial charge on any atom is 0.0482 e. The van der Waals surface area contributed by atoms with Crippen molar-refractivity contribution in [3.05, 3.63) is 18.2 Å². The molecular formula is C9H12N2S. The Morgan fingerprint density at radius 2 is 2.42 bits per heavy atom. The molecule has 0 radical (unpaired) electrons. The molecule has 1 aromatic carbocycles. The summed E-state index contributed by atoms with van der Waals surface area (Å²) in [6.07, 6.45) is 0. The highest BCUT2D eigenvalue weighted by atomic mass is 32.2. The molecule has 0 aromatic heterocycles. The largest absolute Gasteiger partial charge is 0.399 e. The molecule has 2 rings (SSSR count). The van der Waals surface area contributed by atoms with Gasteiger partial charge >= 0.3 is 0 Å². The first kappa shape index (κ1) is 7.80. The van der Waals surface area contributed by atoms with E-state index in [4.69, 9.17) is 5.73 Å². The summed E-state index contributed by atoms with van der Waals surface area (Å²) < 4.78 is 0. The van der Waals surface area contributed by atoms with Crippen LogP contribution in [0.1, 0.15) is 6.92 Å². The standard InChI is InChI=1S/C9H12N2S/c1-6-5-12-9-4-7(10)2-3-8(9)11-6/h2-4,6,11H,5,10H2,1H3. The van der Waals surface area contributed by atoms with Crippen LogP contribution in [0.3, 0.4) is 0 Å². The fourth-order valence-electron chi connectivity index (χ4n) is 1.30. The Balaban J connectivity index is 2.37. The third-order valence-corrected chi connectivity index (χ3v) is 3.21. The Hall–Kier alpha value is -0.830. The molecule has 0 aliphatic carbocycles. The van der Waals surface area contributed by atoms with Crippen molar-refractivity contribution in [2.24, 2.45) is 0 Å². The van der Waals surface area contributed by atoms with Gasteiger partial charge in [-0.25, -0.2) is 0 Å². The van der Waals surface area contributed by atoms with Crippen LogP contribution in [-0.2, 0) is 0 Å². The number of thioether (sulfide) groups is 1. The second kappa shape index (κ2) is 2.90. The first-order valence-corrected chi connectivity index (χ1v) is 5.03. The van der Waals surface area contributed by atoms with Gasteiger partial charge in [-0.3, -0.25) is 0 Å². The highest BCUT2D eigenvalue weighted by Gasteiger charge is 2.13. The Morgan fingerprint density at radius 1 is 1.58 bits per heavy atom. The van der Waals surface area contributed by atoms with Crippen molar-refractivity contribution in [2.45, 2.75) is 17.9 Å². The van der Waals surface area contributed by atoms with Crippen LogP contribution in [0, 0.1) is 0 Å². The molecule has 0 saturated heterocycles. The van der Waals surface area contributed by atoms with Gasteiger partial charge in [0.05, 0.1) is 0 Å². The minimum Gasteiger partial charge on any atom is -0.399 e. The van der Waals surface area contributed by atoms with Gasteiger partial charge in [0.15, 0.2) is 0 Å². The van der Waals surface area contributed by atoms with Crippen LogP contribution in [0.5, 0.6) is 0 Å². The smallest absolute Gasteiger partial charge is 0.0482 e. The lowest BCUT2D eigenvalue weighted by Crippen LogP contribution is -2.21. The van der Waals surface area contributed by atoms with Crippen LogP contribution in [0.2, 0.25) is 0 Å². The fraction of sp³-hybridized carbons (Fsp3) is 0.333. The molecule has 1 aliphatic rings. The third-order valence-electron chi connectivity index (χ3n) is 1.90. The Morgan fingerprint density at radius 3 is 3.25 bits per heavy atom. The first-order chi connectivity index (χ1) is 5.75. The molecule has 0 amide bonds. The molecule has 12 heavy (non-hydrogen) atoms. The number of nitrogen functional groups attached to an aromatic ring is 1. The van der Waals surface area contributed by atoms with Gasteiger partial charge in [0, 0.05) is 28.1 Å². The van der Waals surface area contributed by atoms with E-state index in [1.165, 1.54) is 10.6 Å². The average molecular weight is 180 g/mol. The topological polar surface area (TPSA) is 38.0 Å². The van der Waals surface area contributed by atoms with Crippen molar-refractivity contribution < 1.29 is 0 Å². The zero-order valence-electron chi connectivity index (χ0n) is 7.00. The monoisotopic (exact) mass is 180 g/mol. The van der Waals surface area contributed by atoms with Crippen LogP contribution >= 0.6 is 11.8 Å². The number of anilines is 2. The maximum atomic E-state index is 5.68. The third kappa shape index (κ3) is 1.37. The first-order valence-electron chi connectivity index (χ1n) is 4.04. The summed E-state index contributed by atoms with van der Waals surface area (Å²) in [5.74, 6) is 1.12. The molecule has 0 fully saturated rings. The lowest BCUT2D eigenvalue weighted by atomic mass is 10.2. The van der Waals surface area contributed by atoms with Gasteiger partial charge < -0.3 is 11.1 Å². The van der Waals surface area contributed by atoms with E-state index in [-0.39, 0.29) is 0 Å². The number of nitrogens with one attached hydrogen (secondary N) is 1. The summed E-state index contributed by atoms with van der Waals surface area (Å²) in [6, 6.07) is 6.57. The van der Waals surface area contributed by atoms with Gasteiger partial charge in [-0.05, 0) is 25.1 Å². The maximum absolute atomic E-state index is 5.68. The van der Waals surface area contributed by atoms with Crippen LogP contribution in [0.15, 0.2) is 23.1 Å². The number of benzene rings is 1. The highest BCUT2D eigenvalue weighted by molar-refractivity contribution is 7.99. The summed E-state index contributed by atoms with van der Waals surface area (Å²) in [6.45, 7) is 2.19. The molecule has 0 spiro atoms. The minimum absolute atomic E-state index is 0.561. The second-order valence-electron chi connectivity index (χ2n) is 3.11. The summed E-state index contributed by atoms with van der Waals surface area (Å²) in [7, 11) is 0. The lowest BCUT2D eigenvalue weighted by Gasteiger charge is -2.23. The Bertz CT molecular complexity index is 299. The van der Waals surface area contributed by atoms with Crippen molar-refractivity contribution in [3.63, 3.8) is 0 Å². The van der Waals surface area contributed by atoms with Crippen LogP contribution in [0.25, 0.3) is 0 Å². The van der Waals surface area contributed by atoms with Gasteiger partial charge in [0.1, 0.15) is 0 Å². The number of rotatable bonds is 0. The van der Waals surface area contributed by atoms with Gasteiger partial charge in [0.2, 0.25) is 0 Å². The van der Waals surface area contributed by atoms with Gasteiger partial charge in [-0.15, -0.1) is 11.8 Å². The fourth-order valence-corrected chi connectivity index (χ4v) is 2.31. The molecule has 1 aliphatic heterocycles. The van der Waals surface area contributed by atoms with E-state index in [0.717, 1.165) is 11.4 Å². The molecule has 3 N–H and O–H groups in total. The quantitative estimate of drug-likeness (QED) is 0.601. The Labute approximate surface area is 76.5 Å². The van der Waals surface area contributed by atoms with E-state index in [2.05, 4.69) is 12.2 Å². The van der Waals surface area contributed by atoms with Crippen LogP contribution in [0.4, 0.5) is 11.4 Å². The van der Waals surface area contributed by atoms with Crippen LogP contribution < -0.4 is 11.1 Å². The van der Waals surface area contributed by atoms with E-state index in [1.807, 2.05) is 30.0 Å². The van der Waals surface area contributed by atoms with Crippen molar-refractivity contribution in [1.29, 1.82) is 0 Å². The van der Waals surface area contributed by atoms with Gasteiger partial charge in [-0.2, -0.15) is 0 Å². The predicted molar refractivity (Wildman–Crippen MR) is 54.7 cm³/mol. The van der Waals surface area contributed by atoms with Crippen molar-refractivity contribution >= 4 is 23.1 Å². The predicted octanol–water partition coefficient (Wildman–Crippen LogP) is 2.17. The average Bonchev–Trinajstić information content (AvgIpc) is 2.05. The van der Waals surface area contributed by atoms with E-state index in [9.17, 15) is 0 Å². The number of hydrogen-bond donors (Lipinski definition) is 2.